The maximum atomic E-state index is 12.5. The monoisotopic (exact) mass is 401 g/mol. The van der Waals surface area contributed by atoms with Gasteiger partial charge < -0.3 is 20.6 Å². The second kappa shape index (κ2) is 10.6. The van der Waals surface area contributed by atoms with Crippen molar-refractivity contribution in [1.29, 1.82) is 0 Å². The molecule has 0 spiro atoms. The Morgan fingerprint density at radius 1 is 1.14 bits per heavy atom. The lowest BCUT2D eigenvalue weighted by Crippen LogP contribution is -2.74. The third-order valence-corrected chi connectivity index (χ3v) is 4.34. The summed E-state index contributed by atoms with van der Waals surface area (Å²) < 4.78 is 0. The molecule has 154 valence electrons. The maximum Gasteiger partial charge on any atom is 0.269 e. The Bertz CT molecular complexity index is 841. The van der Waals surface area contributed by atoms with Gasteiger partial charge in [-0.15, -0.1) is 0 Å². The average Bonchev–Trinajstić information content (AvgIpc) is 2.70. The van der Waals surface area contributed by atoms with Gasteiger partial charge in [-0.3, -0.25) is 19.7 Å². The third kappa shape index (κ3) is 6.03. The highest BCUT2D eigenvalue weighted by molar-refractivity contribution is 5.98. The van der Waals surface area contributed by atoms with Crippen molar-refractivity contribution in [2.75, 3.05) is 32.8 Å². The van der Waals surface area contributed by atoms with Crippen molar-refractivity contribution >= 4 is 11.8 Å². The molecule has 0 aromatic heterocycles. The summed E-state index contributed by atoms with van der Waals surface area (Å²) in [6, 6.07) is 4.88. The first-order valence-electron chi connectivity index (χ1n) is 8.93. The van der Waals surface area contributed by atoms with Gasteiger partial charge in [-0.25, -0.2) is 5.48 Å². The first kappa shape index (κ1) is 22.4. The molecule has 1 unspecified atom stereocenters. The van der Waals surface area contributed by atoms with Gasteiger partial charge in [0.1, 0.15) is 11.6 Å². The molecular formula is C20H23N3O6. The molecule has 1 heterocycles. The fourth-order valence-corrected chi connectivity index (χ4v) is 2.90. The number of benzene rings is 1. The largest absolute Gasteiger partial charge is 0.395 e. The molecule has 9 nitrogen and oxygen atoms in total. The van der Waals surface area contributed by atoms with Gasteiger partial charge >= 0.3 is 0 Å². The van der Waals surface area contributed by atoms with E-state index in [1.165, 1.54) is 17.6 Å². The quantitative estimate of drug-likeness (QED) is 0.177. The molecule has 2 rings (SSSR count). The summed E-state index contributed by atoms with van der Waals surface area (Å²) in [7, 11) is 0. The Labute approximate surface area is 168 Å². The average molecular weight is 401 g/mol. The maximum absolute atomic E-state index is 12.5. The van der Waals surface area contributed by atoms with Gasteiger partial charge in [-0.05, 0) is 36.1 Å². The molecule has 29 heavy (non-hydrogen) atoms. The van der Waals surface area contributed by atoms with Crippen molar-refractivity contribution < 1.29 is 30.1 Å². The van der Waals surface area contributed by atoms with E-state index in [1.54, 1.807) is 17.0 Å². The summed E-state index contributed by atoms with van der Waals surface area (Å²) in [5.41, 5.74) is 0.772. The van der Waals surface area contributed by atoms with E-state index in [0.29, 0.717) is 18.5 Å². The van der Waals surface area contributed by atoms with Crippen LogP contribution < -0.4 is 10.8 Å². The molecule has 0 radical (unpaired) electrons. The number of hydrogen-bond acceptors (Lipinski definition) is 7. The van der Waals surface area contributed by atoms with Crippen molar-refractivity contribution in [3.05, 3.63) is 35.4 Å². The van der Waals surface area contributed by atoms with Gasteiger partial charge in [0.05, 0.1) is 13.2 Å². The predicted molar refractivity (Wildman–Crippen MR) is 102 cm³/mol. The molecular weight excluding hydrogens is 378 g/mol. The van der Waals surface area contributed by atoms with Crippen LogP contribution in [0.4, 0.5) is 0 Å². The summed E-state index contributed by atoms with van der Waals surface area (Å²) in [6.45, 7) is 0.343. The van der Waals surface area contributed by atoms with Crippen molar-refractivity contribution in [2.45, 2.75) is 18.1 Å². The van der Waals surface area contributed by atoms with E-state index < -0.39 is 23.5 Å². The molecule has 0 saturated carbocycles. The molecule has 1 fully saturated rings. The van der Waals surface area contributed by atoms with Crippen LogP contribution in [0, 0.1) is 23.7 Å². The molecule has 1 aliphatic rings. The second-order valence-electron chi connectivity index (χ2n) is 6.52. The fraction of sp³-hybridized carbons (Fsp3) is 0.400. The molecule has 6 N–H and O–H groups in total. The molecule has 1 aromatic rings. The number of carbonyl (C=O) groups excluding carboxylic acids is 2. The minimum atomic E-state index is -1.56. The van der Waals surface area contributed by atoms with Crippen LogP contribution in [0.25, 0.3) is 0 Å². The SMILES string of the molecule is O=C(NC(C(=O)NO)C1(O)CN(CCO)C1)c1ccc(C#CC#CCCO)cc1. The highest BCUT2D eigenvalue weighted by atomic mass is 16.5. The zero-order valence-corrected chi connectivity index (χ0v) is 15.7. The Hall–Kier alpha value is -2.92. The van der Waals surface area contributed by atoms with Crippen molar-refractivity contribution in [3.63, 3.8) is 0 Å². The number of nitrogens with zero attached hydrogens (tertiary/aromatic N) is 1. The zero-order valence-electron chi connectivity index (χ0n) is 15.7. The Balaban J connectivity index is 2.04. The van der Waals surface area contributed by atoms with Crippen LogP contribution in [0.5, 0.6) is 0 Å². The van der Waals surface area contributed by atoms with Crippen LogP contribution in [0.15, 0.2) is 24.3 Å². The lowest BCUT2D eigenvalue weighted by atomic mass is 9.85. The summed E-state index contributed by atoms with van der Waals surface area (Å²) in [5, 5.41) is 39.6. The molecule has 1 aliphatic heterocycles. The van der Waals surface area contributed by atoms with Gasteiger partial charge in [0.2, 0.25) is 0 Å². The van der Waals surface area contributed by atoms with Gasteiger partial charge in [-0.1, -0.05) is 11.8 Å². The molecule has 0 bridgehead atoms. The number of hydrogen-bond donors (Lipinski definition) is 6. The zero-order chi connectivity index (χ0) is 21.3. The number of likely N-dealkylation sites (tertiary alicyclic amines) is 1. The van der Waals surface area contributed by atoms with Crippen molar-refractivity contribution in [1.82, 2.24) is 15.7 Å². The number of carbonyl (C=O) groups is 2. The van der Waals surface area contributed by atoms with Crippen molar-refractivity contribution in [2.24, 2.45) is 0 Å². The highest BCUT2D eigenvalue weighted by Crippen LogP contribution is 2.25. The van der Waals surface area contributed by atoms with Crippen LogP contribution in [0.2, 0.25) is 0 Å². The number of amides is 2. The van der Waals surface area contributed by atoms with E-state index in [1.807, 2.05) is 0 Å². The van der Waals surface area contributed by atoms with E-state index in [0.717, 1.165) is 0 Å². The molecule has 9 heteroatoms. The van der Waals surface area contributed by atoms with Crippen LogP contribution in [0.3, 0.4) is 0 Å². The second-order valence-corrected chi connectivity index (χ2v) is 6.52. The smallest absolute Gasteiger partial charge is 0.269 e. The Kier molecular flexibility index (Phi) is 8.16. The van der Waals surface area contributed by atoms with E-state index in [-0.39, 0.29) is 31.9 Å². The number of nitrogens with one attached hydrogen (secondary N) is 2. The molecule has 2 amide bonds. The standard InChI is InChI=1S/C20H23N3O6/c24-11-4-2-1-3-5-15-6-8-16(9-7-15)18(26)21-17(19(27)22-29)20(28)13-23(14-20)10-12-25/h6-9,17,24-25,28-29H,4,10-14H2,(H,21,26)(H,22,27). The summed E-state index contributed by atoms with van der Waals surface area (Å²) in [6.07, 6.45) is 0.348. The third-order valence-electron chi connectivity index (χ3n) is 4.34. The molecule has 1 aromatic carbocycles. The van der Waals surface area contributed by atoms with E-state index >= 15 is 0 Å². The van der Waals surface area contributed by atoms with Gasteiger partial charge in [0.25, 0.3) is 11.8 Å². The summed E-state index contributed by atoms with van der Waals surface area (Å²) in [4.78, 5) is 26.2. The van der Waals surface area contributed by atoms with Crippen LogP contribution in [-0.2, 0) is 4.79 Å². The topological polar surface area (TPSA) is 142 Å². The van der Waals surface area contributed by atoms with E-state index in [4.69, 9.17) is 15.4 Å². The Morgan fingerprint density at radius 2 is 1.83 bits per heavy atom. The minimum Gasteiger partial charge on any atom is -0.395 e. The first-order valence-corrected chi connectivity index (χ1v) is 8.93. The van der Waals surface area contributed by atoms with E-state index in [9.17, 15) is 14.7 Å². The highest BCUT2D eigenvalue weighted by Gasteiger charge is 2.51. The molecule has 1 saturated heterocycles. The first-order chi connectivity index (χ1) is 13.9. The summed E-state index contributed by atoms with van der Waals surface area (Å²) in [5.74, 6) is 9.15. The number of hydroxylamine groups is 1. The lowest BCUT2D eigenvalue weighted by Gasteiger charge is -2.49. The van der Waals surface area contributed by atoms with Gasteiger partial charge in [0, 0.05) is 37.2 Å². The van der Waals surface area contributed by atoms with Crippen LogP contribution in [-0.4, -0.2) is 81.7 Å². The number of aliphatic hydroxyl groups excluding tert-OH is 2. The molecule has 1 atom stereocenters. The molecule has 0 aliphatic carbocycles. The van der Waals surface area contributed by atoms with Gasteiger partial charge in [-0.2, -0.15) is 0 Å². The van der Waals surface area contributed by atoms with Gasteiger partial charge in [0.15, 0.2) is 0 Å². The lowest BCUT2D eigenvalue weighted by molar-refractivity contribution is -0.155. The minimum absolute atomic E-state index is 0.0254. The number of β-amino-alcohol motifs (C(OH)–C–C–N with tert-alkyl or cyclic N) is 2. The predicted octanol–water partition coefficient (Wildman–Crippen LogP) is -1.93. The van der Waals surface area contributed by atoms with E-state index in [2.05, 4.69) is 29.0 Å². The summed E-state index contributed by atoms with van der Waals surface area (Å²) >= 11 is 0. The van der Waals surface area contributed by atoms with Crippen LogP contribution in [0.1, 0.15) is 22.3 Å². The van der Waals surface area contributed by atoms with Crippen LogP contribution >= 0.6 is 0 Å². The Morgan fingerprint density at radius 3 is 2.41 bits per heavy atom. The number of rotatable bonds is 7. The normalized spacial score (nSPS) is 15.6. The number of aliphatic hydroxyl groups is 3. The fourth-order valence-electron chi connectivity index (χ4n) is 2.90. The van der Waals surface area contributed by atoms with Crippen molar-refractivity contribution in [3.8, 4) is 23.7 Å².